The minimum absolute atomic E-state index is 0.107. The molecule has 0 saturated carbocycles. The van der Waals surface area contributed by atoms with Gasteiger partial charge in [-0.05, 0) is 49.2 Å². The highest BCUT2D eigenvalue weighted by molar-refractivity contribution is 5.89. The van der Waals surface area contributed by atoms with E-state index < -0.39 is 0 Å². The molecule has 0 fully saturated rings. The summed E-state index contributed by atoms with van der Waals surface area (Å²) in [5.41, 5.74) is 7.85. The number of pyridine rings is 1. The second-order valence-electron chi connectivity index (χ2n) is 6.97. The summed E-state index contributed by atoms with van der Waals surface area (Å²) in [5.74, 6) is -0.107. The lowest BCUT2D eigenvalue weighted by Gasteiger charge is -2.04. The summed E-state index contributed by atoms with van der Waals surface area (Å²) >= 11 is 0. The van der Waals surface area contributed by atoms with Crippen molar-refractivity contribution in [2.45, 2.75) is 26.8 Å². The minimum Gasteiger partial charge on any atom is -0.347 e. The number of hydrazone groups is 1. The third-order valence-corrected chi connectivity index (χ3v) is 4.82. The van der Waals surface area contributed by atoms with Gasteiger partial charge in [0.1, 0.15) is 0 Å². The maximum absolute atomic E-state index is 12.2. The van der Waals surface area contributed by atoms with Crippen LogP contribution in [0.3, 0.4) is 0 Å². The van der Waals surface area contributed by atoms with Crippen LogP contribution in [0.2, 0.25) is 0 Å². The zero-order valence-electron chi connectivity index (χ0n) is 16.0. The number of fused-ring (bicyclic) bond motifs is 2. The van der Waals surface area contributed by atoms with Gasteiger partial charge in [-0.1, -0.05) is 30.3 Å². The van der Waals surface area contributed by atoms with E-state index in [0.29, 0.717) is 13.0 Å². The summed E-state index contributed by atoms with van der Waals surface area (Å²) < 4.78 is 2.12. The maximum Gasteiger partial charge on any atom is 0.241 e. The molecule has 140 valence electrons. The quantitative estimate of drug-likeness (QED) is 0.419. The van der Waals surface area contributed by atoms with E-state index in [-0.39, 0.29) is 5.91 Å². The summed E-state index contributed by atoms with van der Waals surface area (Å²) in [5, 5.41) is 6.37. The first-order chi connectivity index (χ1) is 13.6. The monoisotopic (exact) mass is 370 g/mol. The zero-order chi connectivity index (χ0) is 19.5. The summed E-state index contributed by atoms with van der Waals surface area (Å²) in [6.45, 7) is 4.68. The van der Waals surface area contributed by atoms with E-state index >= 15 is 0 Å². The third kappa shape index (κ3) is 3.78. The largest absolute Gasteiger partial charge is 0.347 e. The van der Waals surface area contributed by atoms with Gasteiger partial charge in [0.25, 0.3) is 0 Å². The van der Waals surface area contributed by atoms with Crippen LogP contribution in [0.15, 0.2) is 65.9 Å². The van der Waals surface area contributed by atoms with Gasteiger partial charge in [-0.15, -0.1) is 0 Å². The number of hydrogen-bond donors (Lipinski definition) is 1. The lowest BCUT2D eigenvalue weighted by Crippen LogP contribution is -2.19. The van der Waals surface area contributed by atoms with Crippen LogP contribution in [-0.4, -0.2) is 21.7 Å². The molecular weight excluding hydrogens is 348 g/mol. The third-order valence-electron chi connectivity index (χ3n) is 4.82. The average molecular weight is 370 g/mol. The van der Waals surface area contributed by atoms with Gasteiger partial charge in [-0.25, -0.2) is 5.43 Å². The van der Waals surface area contributed by atoms with Crippen molar-refractivity contribution in [2.24, 2.45) is 5.10 Å². The molecule has 5 heteroatoms. The fourth-order valence-electron chi connectivity index (χ4n) is 3.40. The van der Waals surface area contributed by atoms with Crippen molar-refractivity contribution in [3.63, 3.8) is 0 Å². The molecule has 2 aromatic carbocycles. The number of carbonyl (C=O) groups is 1. The number of benzene rings is 2. The van der Waals surface area contributed by atoms with Gasteiger partial charge in [0.05, 0.1) is 11.7 Å². The first kappa shape index (κ1) is 17.9. The number of amides is 1. The van der Waals surface area contributed by atoms with Crippen LogP contribution in [0.25, 0.3) is 21.8 Å². The van der Waals surface area contributed by atoms with Gasteiger partial charge < -0.3 is 4.57 Å². The lowest BCUT2D eigenvalue weighted by molar-refractivity contribution is -0.121. The summed E-state index contributed by atoms with van der Waals surface area (Å²) in [6.07, 6.45) is 4.12. The Bertz CT molecular complexity index is 1190. The van der Waals surface area contributed by atoms with Crippen LogP contribution >= 0.6 is 0 Å². The average Bonchev–Trinajstić information content (AvgIpc) is 3.02. The van der Waals surface area contributed by atoms with Crippen molar-refractivity contribution >= 4 is 33.9 Å². The molecule has 0 unspecified atom stereocenters. The number of rotatable bonds is 5. The van der Waals surface area contributed by atoms with Crippen LogP contribution in [0.4, 0.5) is 0 Å². The molecule has 0 saturated heterocycles. The summed E-state index contributed by atoms with van der Waals surface area (Å²) in [4.78, 5) is 16.6. The van der Waals surface area contributed by atoms with Gasteiger partial charge in [0.2, 0.25) is 5.91 Å². The SMILES string of the molecule is Cc1ccc2cc(/C=N/NC(=O)CCn3cc(C)c4ccccc43)ccc2n1. The molecule has 2 heterocycles. The smallest absolute Gasteiger partial charge is 0.241 e. The second-order valence-corrected chi connectivity index (χ2v) is 6.97. The van der Waals surface area contributed by atoms with Crippen molar-refractivity contribution in [1.29, 1.82) is 0 Å². The molecule has 0 aliphatic carbocycles. The molecule has 1 N–H and O–H groups in total. The molecule has 0 bridgehead atoms. The van der Waals surface area contributed by atoms with Gasteiger partial charge in [-0.3, -0.25) is 9.78 Å². The van der Waals surface area contributed by atoms with E-state index in [1.165, 1.54) is 10.9 Å². The Morgan fingerprint density at radius 2 is 2.00 bits per heavy atom. The number of carbonyl (C=O) groups excluding carboxylic acids is 1. The predicted octanol–water partition coefficient (Wildman–Crippen LogP) is 4.35. The van der Waals surface area contributed by atoms with Crippen molar-refractivity contribution in [2.75, 3.05) is 0 Å². The fourth-order valence-corrected chi connectivity index (χ4v) is 3.40. The second kappa shape index (κ2) is 7.64. The topological polar surface area (TPSA) is 59.3 Å². The van der Waals surface area contributed by atoms with E-state index in [0.717, 1.165) is 27.7 Å². The molecule has 4 aromatic rings. The molecule has 1 amide bonds. The van der Waals surface area contributed by atoms with Crippen LogP contribution < -0.4 is 5.43 Å². The number of nitrogens with zero attached hydrogens (tertiary/aromatic N) is 3. The molecule has 0 spiro atoms. The van der Waals surface area contributed by atoms with Crippen molar-refractivity contribution in [3.05, 3.63) is 77.6 Å². The fraction of sp³-hybridized carbons (Fsp3) is 0.174. The number of aromatic nitrogens is 2. The first-order valence-electron chi connectivity index (χ1n) is 9.34. The maximum atomic E-state index is 12.2. The molecule has 0 atom stereocenters. The Kier molecular flexibility index (Phi) is 4.89. The molecule has 28 heavy (non-hydrogen) atoms. The van der Waals surface area contributed by atoms with Crippen LogP contribution in [0.1, 0.15) is 23.2 Å². The Balaban J connectivity index is 1.37. The van der Waals surface area contributed by atoms with E-state index in [9.17, 15) is 4.79 Å². The molecule has 0 radical (unpaired) electrons. The molecule has 0 aliphatic rings. The number of hydrogen-bond acceptors (Lipinski definition) is 3. The minimum atomic E-state index is -0.107. The Labute approximate surface area is 163 Å². The Morgan fingerprint density at radius 3 is 2.89 bits per heavy atom. The Morgan fingerprint density at radius 1 is 1.14 bits per heavy atom. The lowest BCUT2D eigenvalue weighted by atomic mass is 10.1. The molecule has 4 rings (SSSR count). The number of nitrogens with one attached hydrogen (secondary N) is 1. The number of aryl methyl sites for hydroxylation is 3. The molecule has 2 aromatic heterocycles. The van der Waals surface area contributed by atoms with Crippen molar-refractivity contribution in [3.8, 4) is 0 Å². The molecule has 0 aliphatic heterocycles. The molecular formula is C23H22N4O. The highest BCUT2D eigenvalue weighted by Crippen LogP contribution is 2.20. The predicted molar refractivity (Wildman–Crippen MR) is 114 cm³/mol. The summed E-state index contributed by atoms with van der Waals surface area (Å²) in [6, 6.07) is 18.2. The van der Waals surface area contributed by atoms with Gasteiger partial charge in [-0.2, -0.15) is 5.10 Å². The van der Waals surface area contributed by atoms with Gasteiger partial charge in [0.15, 0.2) is 0 Å². The van der Waals surface area contributed by atoms with E-state index in [4.69, 9.17) is 0 Å². The number of para-hydroxylation sites is 1. The summed E-state index contributed by atoms with van der Waals surface area (Å²) in [7, 11) is 0. The van der Waals surface area contributed by atoms with E-state index in [2.05, 4.69) is 45.3 Å². The standard InChI is InChI=1S/C23H22N4O/c1-16-15-27(22-6-4-3-5-20(16)22)12-11-23(28)26-24-14-18-8-10-21-19(13-18)9-7-17(2)25-21/h3-10,13-15H,11-12H2,1-2H3,(H,26,28)/b24-14+. The zero-order valence-corrected chi connectivity index (χ0v) is 16.0. The van der Waals surface area contributed by atoms with Gasteiger partial charge in [0, 0.05) is 41.1 Å². The van der Waals surface area contributed by atoms with Gasteiger partial charge >= 0.3 is 0 Å². The van der Waals surface area contributed by atoms with E-state index in [1.54, 1.807) is 6.21 Å². The normalized spacial score (nSPS) is 11.5. The first-order valence-corrected chi connectivity index (χ1v) is 9.34. The van der Waals surface area contributed by atoms with Crippen LogP contribution in [-0.2, 0) is 11.3 Å². The highest BCUT2D eigenvalue weighted by atomic mass is 16.2. The molecule has 5 nitrogen and oxygen atoms in total. The Hall–Kier alpha value is -3.47. The van der Waals surface area contributed by atoms with Crippen molar-refractivity contribution in [1.82, 2.24) is 15.0 Å². The van der Waals surface area contributed by atoms with Crippen molar-refractivity contribution < 1.29 is 4.79 Å². The van der Waals surface area contributed by atoms with Crippen LogP contribution in [0.5, 0.6) is 0 Å². The highest BCUT2D eigenvalue weighted by Gasteiger charge is 2.06. The van der Waals surface area contributed by atoms with E-state index in [1.807, 2.05) is 49.4 Å². The van der Waals surface area contributed by atoms with Crippen LogP contribution in [0, 0.1) is 13.8 Å².